The minimum Gasteiger partial charge on any atom is -0.349 e. The first kappa shape index (κ1) is 10.6. The Morgan fingerprint density at radius 1 is 1.50 bits per heavy atom. The number of rotatable bonds is 0. The highest BCUT2D eigenvalue weighted by Gasteiger charge is 2.44. The lowest BCUT2D eigenvalue weighted by molar-refractivity contribution is -0.123. The fourth-order valence-corrected chi connectivity index (χ4v) is 4.68. The maximum atomic E-state index is 11.9. The molecule has 0 aromatic rings. The maximum Gasteiger partial charge on any atom is 0.236 e. The van der Waals surface area contributed by atoms with Gasteiger partial charge < -0.3 is 10.6 Å². The predicted octanol–water partition coefficient (Wildman–Crippen LogP) is 1.75. The van der Waals surface area contributed by atoms with Crippen LogP contribution in [-0.2, 0) is 4.79 Å². The molecule has 5 heteroatoms. The molecule has 16 heavy (non-hydrogen) atoms. The molecule has 0 bridgehead atoms. The quantitative estimate of drug-likeness (QED) is 0.646. The highest BCUT2D eigenvalue weighted by atomic mass is 32.2. The molecule has 0 aromatic carbocycles. The summed E-state index contributed by atoms with van der Waals surface area (Å²) in [5.41, 5.74) is 1.36. The first-order valence-electron chi connectivity index (χ1n) is 5.65. The van der Waals surface area contributed by atoms with Crippen LogP contribution in [-0.4, -0.2) is 16.4 Å². The summed E-state index contributed by atoms with van der Waals surface area (Å²) in [4.78, 5) is 13.4. The number of nitrogens with one attached hydrogen (secondary N) is 2. The minimum absolute atomic E-state index is 0.0131. The van der Waals surface area contributed by atoms with Crippen molar-refractivity contribution in [3.8, 4) is 0 Å². The molecule has 86 valence electrons. The van der Waals surface area contributed by atoms with Crippen molar-refractivity contribution in [3.05, 3.63) is 10.5 Å². The third-order valence-electron chi connectivity index (χ3n) is 3.54. The molecule has 0 unspecified atom stereocenters. The van der Waals surface area contributed by atoms with Gasteiger partial charge in [-0.2, -0.15) is 0 Å². The van der Waals surface area contributed by atoms with E-state index in [1.165, 1.54) is 16.9 Å². The van der Waals surface area contributed by atoms with Crippen LogP contribution in [0.25, 0.3) is 0 Å². The summed E-state index contributed by atoms with van der Waals surface area (Å²) in [5.74, 6) is 0.849. The van der Waals surface area contributed by atoms with E-state index < -0.39 is 0 Å². The molecule has 2 heterocycles. The zero-order valence-corrected chi connectivity index (χ0v) is 10.7. The molecule has 3 nitrogen and oxygen atoms in total. The van der Waals surface area contributed by atoms with E-state index in [-0.39, 0.29) is 17.2 Å². The van der Waals surface area contributed by atoms with E-state index in [0.29, 0.717) is 5.11 Å². The molecule has 3 aliphatic rings. The van der Waals surface area contributed by atoms with Gasteiger partial charge >= 0.3 is 0 Å². The normalized spacial score (nSPS) is 37.7. The number of amides is 1. The van der Waals surface area contributed by atoms with Gasteiger partial charge in [0.1, 0.15) is 0 Å². The van der Waals surface area contributed by atoms with E-state index in [2.05, 4.69) is 17.6 Å². The molecule has 1 aliphatic carbocycles. The van der Waals surface area contributed by atoms with Gasteiger partial charge in [-0.05, 0) is 47.9 Å². The monoisotopic (exact) mass is 254 g/mol. The molecular weight excluding hydrogens is 240 g/mol. The highest BCUT2D eigenvalue weighted by Crippen LogP contribution is 2.49. The summed E-state index contributed by atoms with van der Waals surface area (Å²) in [5, 5.41) is 6.56. The van der Waals surface area contributed by atoms with Gasteiger partial charge in [-0.3, -0.25) is 4.79 Å². The lowest BCUT2D eigenvalue weighted by atomic mass is 9.84. The van der Waals surface area contributed by atoms with Gasteiger partial charge in [0, 0.05) is 0 Å². The molecule has 3 rings (SSSR count). The molecule has 2 aliphatic heterocycles. The molecule has 2 N–H and O–H groups in total. The zero-order valence-electron chi connectivity index (χ0n) is 9.08. The molecule has 1 amide bonds. The number of allylic oxidation sites excluding steroid dienone is 1. The zero-order chi connectivity index (χ0) is 11.3. The van der Waals surface area contributed by atoms with Gasteiger partial charge in [-0.15, -0.1) is 11.8 Å². The number of carbonyl (C=O) groups excluding carboxylic acids is 1. The third-order valence-corrected chi connectivity index (χ3v) is 5.12. The average molecular weight is 254 g/mol. The Hall–Kier alpha value is -0.550. The minimum atomic E-state index is 0.0131. The topological polar surface area (TPSA) is 41.1 Å². The van der Waals surface area contributed by atoms with Crippen LogP contribution in [0.5, 0.6) is 0 Å². The van der Waals surface area contributed by atoms with Crippen LogP contribution in [0.1, 0.15) is 26.2 Å². The largest absolute Gasteiger partial charge is 0.349 e. The molecule has 0 aromatic heterocycles. The summed E-state index contributed by atoms with van der Waals surface area (Å²) in [7, 11) is 0. The summed E-state index contributed by atoms with van der Waals surface area (Å²) in [6.07, 6.45) is 3.42. The van der Waals surface area contributed by atoms with Crippen molar-refractivity contribution in [1.29, 1.82) is 0 Å². The van der Waals surface area contributed by atoms with E-state index in [1.54, 1.807) is 0 Å². The number of hydrogen-bond donors (Lipinski definition) is 2. The maximum absolute atomic E-state index is 11.9. The van der Waals surface area contributed by atoms with Crippen LogP contribution in [0.4, 0.5) is 0 Å². The second kappa shape index (κ2) is 3.74. The molecule has 1 fully saturated rings. The molecule has 3 atom stereocenters. The Bertz CT molecular complexity index is 405. The number of carbonyl (C=O) groups is 1. The summed E-state index contributed by atoms with van der Waals surface area (Å²) < 4.78 is 0. The second-order valence-corrected chi connectivity index (χ2v) is 6.42. The lowest BCUT2D eigenvalue weighted by Crippen LogP contribution is -2.55. The Balaban J connectivity index is 1.90. The Labute approximate surface area is 104 Å². The van der Waals surface area contributed by atoms with E-state index >= 15 is 0 Å². The first-order chi connectivity index (χ1) is 7.65. The van der Waals surface area contributed by atoms with Crippen LogP contribution in [0.3, 0.4) is 0 Å². The average Bonchev–Trinajstić information content (AvgIpc) is 2.54. The molecule has 0 spiro atoms. The van der Waals surface area contributed by atoms with Gasteiger partial charge in [0.25, 0.3) is 0 Å². The lowest BCUT2D eigenvalue weighted by Gasteiger charge is -2.29. The van der Waals surface area contributed by atoms with Crippen molar-refractivity contribution in [3.63, 3.8) is 0 Å². The standard InChI is InChI=1S/C11H14N2OS2/c1-5-2-3-6-7(4-5)16-10-8(6)9(14)12-11(15)13-10/h5,8,10H,2-4H2,1H3,(H2,12,13,14,15)/t5-,8+,10+/m1/s1. The number of fused-ring (bicyclic) bond motifs is 2. The van der Waals surface area contributed by atoms with E-state index in [4.69, 9.17) is 12.2 Å². The van der Waals surface area contributed by atoms with Gasteiger partial charge in [-0.1, -0.05) is 6.92 Å². The summed E-state index contributed by atoms with van der Waals surface area (Å²) in [6, 6.07) is 0. The predicted molar refractivity (Wildman–Crippen MR) is 68.8 cm³/mol. The first-order valence-corrected chi connectivity index (χ1v) is 6.94. The van der Waals surface area contributed by atoms with Crippen LogP contribution < -0.4 is 10.6 Å². The van der Waals surface area contributed by atoms with E-state index in [9.17, 15) is 4.79 Å². The summed E-state index contributed by atoms with van der Waals surface area (Å²) >= 11 is 6.83. The number of hydrogen-bond acceptors (Lipinski definition) is 3. The van der Waals surface area contributed by atoms with Crippen molar-refractivity contribution in [2.75, 3.05) is 0 Å². The Kier molecular flexibility index (Phi) is 2.47. The van der Waals surface area contributed by atoms with Crippen molar-refractivity contribution in [1.82, 2.24) is 10.6 Å². The van der Waals surface area contributed by atoms with Crippen molar-refractivity contribution < 1.29 is 4.79 Å². The molecular formula is C11H14N2OS2. The number of thiocarbonyl (C=S) groups is 1. The third kappa shape index (κ3) is 1.57. The van der Waals surface area contributed by atoms with Gasteiger partial charge in [0.15, 0.2) is 5.11 Å². The summed E-state index contributed by atoms with van der Waals surface area (Å²) in [6.45, 7) is 2.28. The Morgan fingerprint density at radius 3 is 3.12 bits per heavy atom. The second-order valence-electron chi connectivity index (χ2n) is 4.78. The number of thioether (sulfide) groups is 1. The van der Waals surface area contributed by atoms with Crippen LogP contribution >= 0.6 is 24.0 Å². The highest BCUT2D eigenvalue weighted by molar-refractivity contribution is 8.04. The molecule has 1 saturated heterocycles. The van der Waals surface area contributed by atoms with E-state index in [0.717, 1.165) is 18.8 Å². The van der Waals surface area contributed by atoms with Crippen LogP contribution in [0.15, 0.2) is 10.5 Å². The van der Waals surface area contributed by atoms with Gasteiger partial charge in [0.2, 0.25) is 5.91 Å². The van der Waals surface area contributed by atoms with E-state index in [1.807, 2.05) is 11.8 Å². The van der Waals surface area contributed by atoms with Crippen molar-refractivity contribution in [2.24, 2.45) is 11.8 Å². The smallest absolute Gasteiger partial charge is 0.236 e. The SMILES string of the molecule is C[C@@H]1CCC2=C(C1)S[C@@H]1NC(=S)NC(=O)[C@H]21. The van der Waals surface area contributed by atoms with Crippen LogP contribution in [0, 0.1) is 11.8 Å². The van der Waals surface area contributed by atoms with Gasteiger partial charge in [-0.25, -0.2) is 0 Å². The Morgan fingerprint density at radius 2 is 2.31 bits per heavy atom. The van der Waals surface area contributed by atoms with Gasteiger partial charge in [0.05, 0.1) is 11.3 Å². The molecule has 0 saturated carbocycles. The van der Waals surface area contributed by atoms with Crippen LogP contribution in [0.2, 0.25) is 0 Å². The molecule has 0 radical (unpaired) electrons. The fourth-order valence-electron chi connectivity index (χ4n) is 2.71. The van der Waals surface area contributed by atoms with Crippen molar-refractivity contribution in [2.45, 2.75) is 31.6 Å². The fraction of sp³-hybridized carbons (Fsp3) is 0.636. The van der Waals surface area contributed by atoms with Crippen molar-refractivity contribution >= 4 is 35.0 Å².